The number of aliphatic hydroxyl groups excluding tert-OH is 1. The van der Waals surface area contributed by atoms with Crippen molar-refractivity contribution in [1.82, 2.24) is 4.90 Å². The van der Waals surface area contributed by atoms with Crippen molar-refractivity contribution in [3.05, 3.63) is 70.9 Å². The van der Waals surface area contributed by atoms with Crippen molar-refractivity contribution in [2.75, 3.05) is 25.1 Å². The largest absolute Gasteiger partial charge is 0.395 e. The van der Waals surface area contributed by atoms with Crippen LogP contribution in [-0.2, 0) is 9.59 Å². The molecule has 0 aliphatic carbocycles. The van der Waals surface area contributed by atoms with Crippen LogP contribution in [-0.4, -0.2) is 42.0 Å². The molecular weight excluding hydrogens is 352 g/mol. The van der Waals surface area contributed by atoms with Gasteiger partial charge in [-0.1, -0.05) is 55.8 Å². The van der Waals surface area contributed by atoms with Gasteiger partial charge in [0.1, 0.15) is 5.70 Å². The third kappa shape index (κ3) is 3.58. The Morgan fingerprint density at radius 3 is 2.11 bits per heavy atom. The minimum atomic E-state index is -0.367. The third-order valence-corrected chi connectivity index (χ3v) is 5.03. The number of anilines is 1. The average molecular weight is 378 g/mol. The number of carbonyl (C=O) groups excluding carboxylic acids is 2. The van der Waals surface area contributed by atoms with Crippen molar-refractivity contribution in [2.24, 2.45) is 0 Å². The highest BCUT2D eigenvalue weighted by Crippen LogP contribution is 2.34. The Hall–Kier alpha value is -2.92. The Bertz CT molecular complexity index is 912. The van der Waals surface area contributed by atoms with Crippen LogP contribution in [0.4, 0.5) is 5.69 Å². The van der Waals surface area contributed by atoms with E-state index in [2.05, 4.69) is 13.8 Å². The smallest absolute Gasteiger partial charge is 0.282 e. The second kappa shape index (κ2) is 7.98. The lowest BCUT2D eigenvalue weighted by atomic mass is 10.0. The Kier molecular flexibility index (Phi) is 5.66. The molecule has 28 heavy (non-hydrogen) atoms. The van der Waals surface area contributed by atoms with Crippen molar-refractivity contribution < 1.29 is 14.7 Å². The zero-order valence-corrected chi connectivity index (χ0v) is 16.8. The topological polar surface area (TPSA) is 60.9 Å². The number of hydrogen-bond donors (Lipinski definition) is 1. The van der Waals surface area contributed by atoms with E-state index < -0.39 is 0 Å². The molecule has 1 aliphatic rings. The minimum absolute atomic E-state index is 0.105. The number of nitrogens with zero attached hydrogens (tertiary/aromatic N) is 2. The van der Waals surface area contributed by atoms with Gasteiger partial charge >= 0.3 is 0 Å². The number of rotatable bonds is 6. The Labute approximate surface area is 165 Å². The van der Waals surface area contributed by atoms with Crippen LogP contribution in [0.1, 0.15) is 36.5 Å². The predicted molar refractivity (Wildman–Crippen MR) is 111 cm³/mol. The molecule has 0 bridgehead atoms. The zero-order chi connectivity index (χ0) is 20.4. The van der Waals surface area contributed by atoms with Crippen LogP contribution in [0.15, 0.2) is 54.2 Å². The van der Waals surface area contributed by atoms with Gasteiger partial charge in [0.15, 0.2) is 0 Å². The number of aryl methyl sites for hydroxylation is 1. The van der Waals surface area contributed by atoms with E-state index in [-0.39, 0.29) is 25.0 Å². The Morgan fingerprint density at radius 1 is 0.964 bits per heavy atom. The van der Waals surface area contributed by atoms with Gasteiger partial charge < -0.3 is 10.0 Å². The van der Waals surface area contributed by atoms with Crippen LogP contribution in [0.3, 0.4) is 0 Å². The Morgan fingerprint density at radius 2 is 1.57 bits per heavy atom. The minimum Gasteiger partial charge on any atom is -0.395 e. The molecule has 1 heterocycles. The summed E-state index contributed by atoms with van der Waals surface area (Å²) < 4.78 is 0. The number of hydrogen-bond acceptors (Lipinski definition) is 4. The highest BCUT2D eigenvalue weighted by Gasteiger charge is 2.41. The summed E-state index contributed by atoms with van der Waals surface area (Å²) >= 11 is 0. The van der Waals surface area contributed by atoms with Gasteiger partial charge in [-0.3, -0.25) is 9.59 Å². The second-order valence-corrected chi connectivity index (χ2v) is 7.43. The van der Waals surface area contributed by atoms with Crippen molar-refractivity contribution in [2.45, 2.75) is 26.7 Å². The van der Waals surface area contributed by atoms with Gasteiger partial charge in [0, 0.05) is 13.6 Å². The van der Waals surface area contributed by atoms with Gasteiger partial charge in [0.25, 0.3) is 11.8 Å². The highest BCUT2D eigenvalue weighted by atomic mass is 16.3. The predicted octanol–water partition coefficient (Wildman–Crippen LogP) is 3.33. The summed E-state index contributed by atoms with van der Waals surface area (Å²) in [6, 6.07) is 15.1. The van der Waals surface area contributed by atoms with E-state index in [1.807, 2.05) is 55.5 Å². The lowest BCUT2D eigenvalue weighted by Gasteiger charge is -2.20. The summed E-state index contributed by atoms with van der Waals surface area (Å²) in [6.07, 6.45) is 0. The molecule has 3 rings (SSSR count). The summed E-state index contributed by atoms with van der Waals surface area (Å²) in [5, 5.41) is 9.33. The molecule has 0 saturated heterocycles. The normalized spacial score (nSPS) is 14.4. The van der Waals surface area contributed by atoms with Crippen LogP contribution < -0.4 is 4.90 Å². The first-order valence-corrected chi connectivity index (χ1v) is 9.47. The summed E-state index contributed by atoms with van der Waals surface area (Å²) in [5.74, 6) is -0.341. The fraction of sp³-hybridized carbons (Fsp3) is 0.304. The summed E-state index contributed by atoms with van der Waals surface area (Å²) in [5.41, 5.74) is 4.16. The zero-order valence-electron chi connectivity index (χ0n) is 16.8. The molecule has 146 valence electrons. The van der Waals surface area contributed by atoms with Crippen molar-refractivity contribution >= 4 is 23.1 Å². The van der Waals surface area contributed by atoms with E-state index in [4.69, 9.17) is 0 Å². The van der Waals surface area contributed by atoms with Crippen molar-refractivity contribution in [1.29, 1.82) is 0 Å². The van der Waals surface area contributed by atoms with E-state index in [9.17, 15) is 14.7 Å². The molecule has 1 aliphatic heterocycles. The fourth-order valence-corrected chi connectivity index (χ4v) is 3.36. The molecule has 0 fully saturated rings. The molecule has 5 heteroatoms. The maximum atomic E-state index is 13.3. The Balaban J connectivity index is 2.07. The molecule has 0 unspecified atom stereocenters. The van der Waals surface area contributed by atoms with Gasteiger partial charge in [-0.15, -0.1) is 0 Å². The lowest BCUT2D eigenvalue weighted by Crippen LogP contribution is -2.34. The van der Waals surface area contributed by atoms with E-state index in [0.29, 0.717) is 28.4 Å². The van der Waals surface area contributed by atoms with E-state index in [0.717, 1.165) is 11.1 Å². The number of aliphatic hydroxyl groups is 1. The molecule has 0 radical (unpaired) electrons. The first kappa shape index (κ1) is 19.8. The van der Waals surface area contributed by atoms with Gasteiger partial charge in [-0.25, -0.2) is 4.90 Å². The lowest BCUT2D eigenvalue weighted by molar-refractivity contribution is -0.120. The molecule has 1 N–H and O–H groups in total. The quantitative estimate of drug-likeness (QED) is 0.784. The highest BCUT2D eigenvalue weighted by molar-refractivity contribution is 6.45. The van der Waals surface area contributed by atoms with Gasteiger partial charge in [0.05, 0.1) is 17.9 Å². The number of likely N-dealkylation sites (N-methyl/N-ethyl adjacent to an activating group) is 1. The van der Waals surface area contributed by atoms with Crippen LogP contribution in [0.2, 0.25) is 0 Å². The number of amides is 2. The molecule has 2 amide bonds. The summed E-state index contributed by atoms with van der Waals surface area (Å²) in [7, 11) is 1.72. The summed E-state index contributed by atoms with van der Waals surface area (Å²) in [4.78, 5) is 29.4. The number of carbonyl (C=O) groups is 2. The fourth-order valence-electron chi connectivity index (χ4n) is 3.36. The molecule has 0 spiro atoms. The second-order valence-electron chi connectivity index (χ2n) is 7.43. The molecular formula is C23H26N2O3. The molecule has 0 saturated carbocycles. The van der Waals surface area contributed by atoms with Crippen LogP contribution >= 0.6 is 0 Å². The van der Waals surface area contributed by atoms with Crippen LogP contribution in [0, 0.1) is 6.92 Å². The van der Waals surface area contributed by atoms with Gasteiger partial charge in [0.2, 0.25) is 0 Å². The maximum absolute atomic E-state index is 13.3. The summed E-state index contributed by atoms with van der Waals surface area (Å²) in [6.45, 7) is 6.33. The first-order valence-electron chi connectivity index (χ1n) is 9.47. The van der Waals surface area contributed by atoms with Crippen molar-refractivity contribution in [3.8, 4) is 0 Å². The van der Waals surface area contributed by atoms with E-state index in [1.54, 1.807) is 11.9 Å². The van der Waals surface area contributed by atoms with Crippen LogP contribution in [0.25, 0.3) is 5.57 Å². The third-order valence-electron chi connectivity index (χ3n) is 5.03. The number of benzene rings is 2. The number of imide groups is 1. The molecule has 2 aromatic rings. The van der Waals surface area contributed by atoms with Gasteiger partial charge in [-0.2, -0.15) is 0 Å². The van der Waals surface area contributed by atoms with E-state index in [1.165, 1.54) is 4.90 Å². The monoisotopic (exact) mass is 378 g/mol. The average Bonchev–Trinajstić information content (AvgIpc) is 2.93. The molecule has 0 aromatic heterocycles. The molecule has 0 atom stereocenters. The standard InChI is InChI=1S/C23H26N2O3/c1-15(2)17-9-11-19(12-10-17)25-22(27)20(18-7-5-16(3)6-8-18)21(23(25)28)24(4)13-14-26/h5-12,15,26H,13-14H2,1-4H3. The molecule has 2 aromatic carbocycles. The van der Waals surface area contributed by atoms with E-state index >= 15 is 0 Å². The maximum Gasteiger partial charge on any atom is 0.282 e. The van der Waals surface area contributed by atoms with Crippen LogP contribution in [0.5, 0.6) is 0 Å². The van der Waals surface area contributed by atoms with Gasteiger partial charge in [-0.05, 0) is 36.1 Å². The molecule has 5 nitrogen and oxygen atoms in total. The first-order chi connectivity index (χ1) is 13.3. The SMILES string of the molecule is Cc1ccc(C2=C(N(C)CCO)C(=O)N(c3ccc(C(C)C)cc3)C2=O)cc1. The van der Waals surface area contributed by atoms with Crippen molar-refractivity contribution in [3.63, 3.8) is 0 Å².